The highest BCUT2D eigenvalue weighted by molar-refractivity contribution is 7.91. The van der Waals surface area contributed by atoms with Crippen molar-refractivity contribution in [2.45, 2.75) is 57.3 Å². The second-order valence-corrected chi connectivity index (χ2v) is 9.19. The van der Waals surface area contributed by atoms with Crippen LogP contribution in [0.1, 0.15) is 46.5 Å². The Labute approximate surface area is 126 Å². The van der Waals surface area contributed by atoms with E-state index in [9.17, 15) is 18.0 Å². The highest BCUT2D eigenvalue weighted by atomic mass is 32.2. The van der Waals surface area contributed by atoms with Crippen LogP contribution in [0.5, 0.6) is 0 Å². The Bertz CT molecular complexity index is 484. The largest absolute Gasteiger partial charge is 0.444 e. The average Bonchev–Trinajstić information content (AvgIpc) is 2.34. The smallest absolute Gasteiger partial charge is 0.407 e. The van der Waals surface area contributed by atoms with Crippen LogP contribution in [0.15, 0.2) is 0 Å². The van der Waals surface area contributed by atoms with Gasteiger partial charge in [0.05, 0.1) is 5.25 Å². The number of hydrogen-bond donors (Lipinski definition) is 1. The van der Waals surface area contributed by atoms with E-state index in [0.717, 1.165) is 6.29 Å². The van der Waals surface area contributed by atoms with Gasteiger partial charge in [-0.3, -0.25) is 0 Å². The minimum atomic E-state index is -3.07. The quantitative estimate of drug-likeness (QED) is 0.796. The molecule has 1 amide bonds. The molecule has 0 unspecified atom stereocenters. The van der Waals surface area contributed by atoms with Gasteiger partial charge in [0.1, 0.15) is 21.7 Å². The first-order valence-electron chi connectivity index (χ1n) is 7.09. The topological polar surface area (TPSA) is 89.5 Å². The molecule has 1 fully saturated rings. The van der Waals surface area contributed by atoms with E-state index in [1.807, 2.05) is 0 Å². The summed E-state index contributed by atoms with van der Waals surface area (Å²) in [5, 5.41) is 2.23. The predicted octanol–water partition coefficient (Wildman–Crippen LogP) is 1.68. The summed E-state index contributed by atoms with van der Waals surface area (Å²) >= 11 is 0. The van der Waals surface area contributed by atoms with Gasteiger partial charge in [-0.2, -0.15) is 0 Å². The van der Waals surface area contributed by atoms with Crippen molar-refractivity contribution in [1.29, 1.82) is 0 Å². The van der Waals surface area contributed by atoms with E-state index in [4.69, 9.17) is 4.74 Å². The SMILES string of the molecule is CC(C)(C)OC(=O)NC[C@]1(C=O)CC[C@H](S(C)(=O)=O)CC1. The maximum atomic E-state index is 11.6. The minimum Gasteiger partial charge on any atom is -0.444 e. The van der Waals surface area contributed by atoms with Gasteiger partial charge >= 0.3 is 6.09 Å². The Morgan fingerprint density at radius 3 is 2.24 bits per heavy atom. The van der Waals surface area contributed by atoms with E-state index in [1.54, 1.807) is 20.8 Å². The Morgan fingerprint density at radius 1 is 1.33 bits per heavy atom. The van der Waals surface area contributed by atoms with Gasteiger partial charge in [0, 0.05) is 18.2 Å². The number of hydrogen-bond acceptors (Lipinski definition) is 5. The molecule has 0 aromatic rings. The van der Waals surface area contributed by atoms with E-state index in [2.05, 4.69) is 5.32 Å². The third-order valence-corrected chi connectivity index (χ3v) is 5.45. The number of carbonyl (C=O) groups is 2. The zero-order valence-corrected chi connectivity index (χ0v) is 14.0. The highest BCUT2D eigenvalue weighted by Gasteiger charge is 2.38. The van der Waals surface area contributed by atoms with Crippen LogP contribution in [-0.2, 0) is 19.4 Å². The number of carbonyl (C=O) groups excluding carboxylic acids is 2. The third kappa shape index (κ3) is 5.65. The van der Waals surface area contributed by atoms with Crippen molar-refractivity contribution >= 4 is 22.2 Å². The molecule has 0 aromatic heterocycles. The molecule has 0 atom stereocenters. The molecule has 0 aromatic carbocycles. The van der Waals surface area contributed by atoms with Crippen molar-refractivity contribution in [3.63, 3.8) is 0 Å². The first-order valence-corrected chi connectivity index (χ1v) is 9.05. The average molecular weight is 319 g/mol. The van der Waals surface area contributed by atoms with E-state index in [-0.39, 0.29) is 11.8 Å². The molecule has 1 N–H and O–H groups in total. The molecule has 0 radical (unpaired) electrons. The summed E-state index contributed by atoms with van der Waals surface area (Å²) in [5.74, 6) is 0. The van der Waals surface area contributed by atoms with Gasteiger partial charge in [-0.15, -0.1) is 0 Å². The van der Waals surface area contributed by atoms with Gasteiger partial charge in [-0.25, -0.2) is 13.2 Å². The number of sulfone groups is 1. The number of amides is 1. The Kier molecular flexibility index (Phi) is 5.41. The van der Waals surface area contributed by atoms with Gasteiger partial charge in [0.2, 0.25) is 0 Å². The van der Waals surface area contributed by atoms with Gasteiger partial charge in [0.15, 0.2) is 0 Å². The standard InChI is InChI=1S/C14H25NO5S/c1-13(2,3)20-12(17)15-9-14(10-16)7-5-11(6-8-14)21(4,18)19/h10-11H,5-9H2,1-4H3,(H,15,17)/t11-,14-. The van der Waals surface area contributed by atoms with Crippen LogP contribution < -0.4 is 5.32 Å². The highest BCUT2D eigenvalue weighted by Crippen LogP contribution is 2.36. The molecule has 0 aliphatic heterocycles. The molecule has 1 aliphatic carbocycles. The molecule has 122 valence electrons. The zero-order valence-electron chi connectivity index (χ0n) is 13.1. The number of nitrogens with one attached hydrogen (secondary N) is 1. The van der Waals surface area contributed by atoms with Gasteiger partial charge < -0.3 is 14.8 Å². The van der Waals surface area contributed by atoms with Crippen molar-refractivity contribution in [3.05, 3.63) is 0 Å². The summed E-state index contributed by atoms with van der Waals surface area (Å²) in [6.07, 6.45) is 3.33. The maximum Gasteiger partial charge on any atom is 0.407 e. The molecule has 6 nitrogen and oxygen atoms in total. The predicted molar refractivity (Wildman–Crippen MR) is 79.8 cm³/mol. The van der Waals surface area contributed by atoms with Crippen molar-refractivity contribution in [1.82, 2.24) is 5.32 Å². The summed E-state index contributed by atoms with van der Waals surface area (Å²) in [6, 6.07) is 0. The zero-order chi connectivity index (χ0) is 16.3. The van der Waals surface area contributed by atoms with Gasteiger partial charge in [-0.05, 0) is 46.5 Å². The Morgan fingerprint density at radius 2 is 1.86 bits per heavy atom. The third-order valence-electron chi connectivity index (χ3n) is 3.77. The van der Waals surface area contributed by atoms with Crippen LogP contribution in [0.4, 0.5) is 4.79 Å². The van der Waals surface area contributed by atoms with Crippen molar-refractivity contribution in [3.8, 4) is 0 Å². The second-order valence-electron chi connectivity index (χ2n) is 6.86. The van der Waals surface area contributed by atoms with E-state index >= 15 is 0 Å². The number of rotatable bonds is 4. The normalized spacial score (nSPS) is 27.0. The Balaban J connectivity index is 2.57. The van der Waals surface area contributed by atoms with Crippen LogP contribution in [0.3, 0.4) is 0 Å². The van der Waals surface area contributed by atoms with Crippen molar-refractivity contribution < 1.29 is 22.7 Å². The lowest BCUT2D eigenvalue weighted by Gasteiger charge is -2.35. The lowest BCUT2D eigenvalue weighted by Crippen LogP contribution is -2.44. The molecule has 1 saturated carbocycles. The fourth-order valence-electron chi connectivity index (χ4n) is 2.49. The Hall–Kier alpha value is -1.11. The molecule has 0 bridgehead atoms. The fourth-order valence-corrected chi connectivity index (χ4v) is 3.59. The van der Waals surface area contributed by atoms with Crippen LogP contribution in [0.2, 0.25) is 0 Å². The summed E-state index contributed by atoms with van der Waals surface area (Å²) < 4.78 is 28.2. The molecular formula is C14H25NO5S. The van der Waals surface area contributed by atoms with E-state index < -0.39 is 26.9 Å². The second kappa shape index (κ2) is 6.34. The minimum absolute atomic E-state index is 0.182. The molecule has 0 spiro atoms. The molecule has 0 saturated heterocycles. The number of aldehydes is 1. The van der Waals surface area contributed by atoms with Crippen LogP contribution in [0.25, 0.3) is 0 Å². The molecule has 1 rings (SSSR count). The summed E-state index contributed by atoms with van der Waals surface area (Å²) in [7, 11) is -3.07. The molecule has 0 heterocycles. The number of ether oxygens (including phenoxy) is 1. The lowest BCUT2D eigenvalue weighted by atomic mass is 9.75. The maximum absolute atomic E-state index is 11.6. The van der Waals surface area contributed by atoms with Gasteiger partial charge in [-0.1, -0.05) is 0 Å². The van der Waals surface area contributed by atoms with Crippen LogP contribution >= 0.6 is 0 Å². The van der Waals surface area contributed by atoms with E-state index in [0.29, 0.717) is 25.7 Å². The molecule has 21 heavy (non-hydrogen) atoms. The monoisotopic (exact) mass is 319 g/mol. The van der Waals surface area contributed by atoms with Crippen LogP contribution in [0, 0.1) is 5.41 Å². The molecular weight excluding hydrogens is 294 g/mol. The first kappa shape index (κ1) is 17.9. The van der Waals surface area contributed by atoms with Crippen molar-refractivity contribution in [2.75, 3.05) is 12.8 Å². The van der Waals surface area contributed by atoms with Crippen molar-refractivity contribution in [2.24, 2.45) is 5.41 Å². The van der Waals surface area contributed by atoms with E-state index in [1.165, 1.54) is 6.26 Å². The number of alkyl carbamates (subject to hydrolysis) is 1. The van der Waals surface area contributed by atoms with Crippen LogP contribution in [-0.4, -0.2) is 44.4 Å². The summed E-state index contributed by atoms with van der Waals surface area (Å²) in [4.78, 5) is 23.0. The fraction of sp³-hybridized carbons (Fsp3) is 0.857. The lowest BCUT2D eigenvalue weighted by molar-refractivity contribution is -0.117. The van der Waals surface area contributed by atoms with Gasteiger partial charge in [0.25, 0.3) is 0 Å². The molecule has 7 heteroatoms. The summed E-state index contributed by atoms with van der Waals surface area (Å²) in [6.45, 7) is 5.47. The summed E-state index contributed by atoms with van der Waals surface area (Å²) in [5.41, 5.74) is -1.27. The first-order chi connectivity index (χ1) is 9.47. The molecule has 1 aliphatic rings.